The first-order valence-corrected chi connectivity index (χ1v) is 4.86. The molecule has 0 saturated heterocycles. The van der Waals surface area contributed by atoms with Crippen molar-refractivity contribution in [2.24, 2.45) is 5.92 Å². The van der Waals surface area contributed by atoms with Crippen molar-refractivity contribution in [2.45, 2.75) is 18.9 Å². The van der Waals surface area contributed by atoms with Crippen molar-refractivity contribution in [3.05, 3.63) is 18.5 Å². The number of carbonyl (C=O) groups excluding carboxylic acids is 1. The number of fused-ring (bicyclic) bond motifs is 1. The summed E-state index contributed by atoms with van der Waals surface area (Å²) < 4.78 is 0. The number of pyridine rings is 1. The van der Waals surface area contributed by atoms with Crippen LogP contribution in [0.2, 0.25) is 0 Å². The quantitative estimate of drug-likeness (QED) is 0.698. The van der Waals surface area contributed by atoms with E-state index in [-0.39, 0.29) is 11.9 Å². The topological polar surface area (TPSA) is 54.0 Å². The van der Waals surface area contributed by atoms with Gasteiger partial charge in [-0.1, -0.05) is 0 Å². The van der Waals surface area contributed by atoms with Crippen LogP contribution in [-0.2, 0) is 4.79 Å². The van der Waals surface area contributed by atoms with Crippen LogP contribution in [0.25, 0.3) is 0 Å². The Bertz CT molecular complexity index is 387. The highest BCUT2D eigenvalue weighted by molar-refractivity contribution is 6.03. The minimum atomic E-state index is -0.0494. The number of hydrogen-bond donors (Lipinski definition) is 2. The fourth-order valence-corrected chi connectivity index (χ4v) is 1.82. The van der Waals surface area contributed by atoms with Gasteiger partial charge in [0.25, 0.3) is 0 Å². The lowest BCUT2D eigenvalue weighted by Gasteiger charge is -2.26. The highest BCUT2D eigenvalue weighted by atomic mass is 16.2. The lowest BCUT2D eigenvalue weighted by atomic mass is 10.1. The van der Waals surface area contributed by atoms with E-state index in [0.29, 0.717) is 5.92 Å². The molecule has 0 radical (unpaired) electrons. The summed E-state index contributed by atoms with van der Waals surface area (Å²) in [6, 6.07) is 1.76. The summed E-state index contributed by atoms with van der Waals surface area (Å²) >= 11 is 0. The minimum Gasteiger partial charge on any atom is -0.370 e. The number of nitrogens with one attached hydrogen (secondary N) is 2. The smallest absolute Gasteiger partial charge is 0.247 e. The predicted molar refractivity (Wildman–Crippen MR) is 53.0 cm³/mol. The molecule has 0 aromatic carbocycles. The third-order valence-electron chi connectivity index (χ3n) is 2.77. The van der Waals surface area contributed by atoms with E-state index in [9.17, 15) is 4.79 Å². The third kappa shape index (κ3) is 1.14. The molecule has 1 amide bonds. The van der Waals surface area contributed by atoms with Gasteiger partial charge < -0.3 is 10.6 Å². The van der Waals surface area contributed by atoms with Gasteiger partial charge in [-0.15, -0.1) is 0 Å². The molecule has 0 spiro atoms. The van der Waals surface area contributed by atoms with Gasteiger partial charge in [-0.2, -0.15) is 0 Å². The maximum absolute atomic E-state index is 11.6. The second-order valence-electron chi connectivity index (χ2n) is 3.87. The molecule has 4 nitrogen and oxygen atoms in total. The maximum atomic E-state index is 11.6. The van der Waals surface area contributed by atoms with Crippen molar-refractivity contribution >= 4 is 17.3 Å². The zero-order valence-corrected chi connectivity index (χ0v) is 7.66. The zero-order chi connectivity index (χ0) is 9.54. The second-order valence-corrected chi connectivity index (χ2v) is 3.87. The highest BCUT2D eigenvalue weighted by Gasteiger charge is 2.38. The van der Waals surface area contributed by atoms with E-state index in [2.05, 4.69) is 15.6 Å². The normalized spacial score (nSPS) is 24.9. The second kappa shape index (κ2) is 2.70. The Kier molecular flexibility index (Phi) is 1.50. The molecule has 2 aliphatic rings. The van der Waals surface area contributed by atoms with Gasteiger partial charge in [-0.25, -0.2) is 0 Å². The van der Waals surface area contributed by atoms with E-state index in [0.717, 1.165) is 24.2 Å². The molecule has 3 rings (SSSR count). The fourth-order valence-electron chi connectivity index (χ4n) is 1.82. The van der Waals surface area contributed by atoms with E-state index in [4.69, 9.17) is 0 Å². The van der Waals surface area contributed by atoms with Gasteiger partial charge in [0.1, 0.15) is 6.04 Å². The number of aromatic nitrogens is 1. The Morgan fingerprint density at radius 3 is 3.00 bits per heavy atom. The van der Waals surface area contributed by atoms with Crippen LogP contribution in [0.1, 0.15) is 12.8 Å². The largest absolute Gasteiger partial charge is 0.370 e. The predicted octanol–water partition coefficient (Wildman–Crippen LogP) is 1.22. The fraction of sp³-hybridized carbons (Fsp3) is 0.400. The average molecular weight is 189 g/mol. The van der Waals surface area contributed by atoms with Crippen LogP contribution < -0.4 is 10.6 Å². The summed E-state index contributed by atoms with van der Waals surface area (Å²) in [5, 5.41) is 6.12. The lowest BCUT2D eigenvalue weighted by Crippen LogP contribution is -2.40. The van der Waals surface area contributed by atoms with Crippen LogP contribution in [-0.4, -0.2) is 16.9 Å². The van der Waals surface area contributed by atoms with Gasteiger partial charge in [-0.3, -0.25) is 9.78 Å². The molecular weight excluding hydrogens is 178 g/mol. The minimum absolute atomic E-state index is 0.0494. The van der Waals surface area contributed by atoms with Crippen molar-refractivity contribution in [1.29, 1.82) is 0 Å². The van der Waals surface area contributed by atoms with Crippen LogP contribution in [0.15, 0.2) is 18.5 Å². The summed E-state index contributed by atoms with van der Waals surface area (Å²) in [6.45, 7) is 0. The van der Waals surface area contributed by atoms with Crippen LogP contribution in [0.5, 0.6) is 0 Å². The molecule has 1 atom stereocenters. The Morgan fingerprint density at radius 1 is 1.36 bits per heavy atom. The van der Waals surface area contributed by atoms with E-state index in [1.807, 2.05) is 6.07 Å². The molecule has 1 aromatic heterocycles. The first kappa shape index (κ1) is 7.79. The molecule has 72 valence electrons. The molecule has 0 bridgehead atoms. The molecule has 2 N–H and O–H groups in total. The van der Waals surface area contributed by atoms with E-state index >= 15 is 0 Å². The van der Waals surface area contributed by atoms with Gasteiger partial charge in [0, 0.05) is 6.20 Å². The number of nitrogens with zero attached hydrogens (tertiary/aromatic N) is 1. The van der Waals surface area contributed by atoms with Crippen molar-refractivity contribution in [3.63, 3.8) is 0 Å². The molecule has 14 heavy (non-hydrogen) atoms. The van der Waals surface area contributed by atoms with Crippen LogP contribution in [0.3, 0.4) is 0 Å². The summed E-state index contributed by atoms with van der Waals surface area (Å²) in [6.07, 6.45) is 5.74. The maximum Gasteiger partial charge on any atom is 0.247 e. The first-order valence-electron chi connectivity index (χ1n) is 4.86. The monoisotopic (exact) mass is 189 g/mol. The van der Waals surface area contributed by atoms with Crippen molar-refractivity contribution < 1.29 is 4.79 Å². The Balaban J connectivity index is 1.94. The summed E-state index contributed by atoms with van der Waals surface area (Å²) in [4.78, 5) is 15.7. The number of carbonyl (C=O) groups is 1. The Morgan fingerprint density at radius 2 is 2.21 bits per heavy atom. The Hall–Kier alpha value is -1.58. The highest BCUT2D eigenvalue weighted by Crippen LogP contribution is 2.37. The van der Waals surface area contributed by atoms with Gasteiger partial charge >= 0.3 is 0 Å². The van der Waals surface area contributed by atoms with E-state index in [1.54, 1.807) is 12.4 Å². The third-order valence-corrected chi connectivity index (χ3v) is 2.77. The molecule has 1 fully saturated rings. The molecule has 4 heteroatoms. The molecule has 1 aliphatic heterocycles. The average Bonchev–Trinajstić information content (AvgIpc) is 3.00. The molecule has 2 heterocycles. The molecule has 1 saturated carbocycles. The van der Waals surface area contributed by atoms with Gasteiger partial charge in [0.2, 0.25) is 5.91 Å². The molecule has 1 aliphatic carbocycles. The van der Waals surface area contributed by atoms with Crippen molar-refractivity contribution in [1.82, 2.24) is 4.98 Å². The number of amides is 1. The van der Waals surface area contributed by atoms with Gasteiger partial charge in [0.15, 0.2) is 0 Å². The number of anilines is 2. The first-order chi connectivity index (χ1) is 6.84. The summed E-state index contributed by atoms with van der Waals surface area (Å²) in [5.41, 5.74) is 1.77. The molecular formula is C10H11N3O. The zero-order valence-electron chi connectivity index (χ0n) is 7.66. The standard InChI is InChI=1S/C10H11N3O/c14-10-9(6-1-2-6)12-8-5-11-4-3-7(8)13-10/h3-6,9,12H,1-2H2,(H,13,14). The lowest BCUT2D eigenvalue weighted by molar-refractivity contribution is -0.117. The summed E-state index contributed by atoms with van der Waals surface area (Å²) in [5.74, 6) is 0.606. The van der Waals surface area contributed by atoms with Crippen LogP contribution in [0.4, 0.5) is 11.4 Å². The SMILES string of the molecule is O=C1Nc2ccncc2NC1C1CC1. The number of rotatable bonds is 1. The van der Waals surface area contributed by atoms with Gasteiger partial charge in [-0.05, 0) is 24.8 Å². The van der Waals surface area contributed by atoms with Crippen LogP contribution in [0, 0.1) is 5.92 Å². The van der Waals surface area contributed by atoms with Gasteiger partial charge in [0.05, 0.1) is 17.6 Å². The van der Waals surface area contributed by atoms with Crippen LogP contribution >= 0.6 is 0 Å². The molecule has 1 aromatic rings. The number of hydrogen-bond acceptors (Lipinski definition) is 3. The summed E-state index contributed by atoms with van der Waals surface area (Å²) in [7, 11) is 0. The van der Waals surface area contributed by atoms with E-state index in [1.165, 1.54) is 0 Å². The molecule has 1 unspecified atom stereocenters. The van der Waals surface area contributed by atoms with E-state index < -0.39 is 0 Å². The van der Waals surface area contributed by atoms with Crippen molar-refractivity contribution in [3.8, 4) is 0 Å². The Labute approximate surface area is 81.7 Å². The van der Waals surface area contributed by atoms with Crippen molar-refractivity contribution in [2.75, 3.05) is 10.6 Å².